The minimum atomic E-state index is -1.92. The second-order valence-corrected chi connectivity index (χ2v) is 23.8. The first kappa shape index (κ1) is 55.5. The molecule has 18 heteroatoms. The number of carboxylic acid groups (broad SMARTS) is 1. The number of hydrogen-bond donors (Lipinski definition) is 7. The zero-order valence-corrected chi connectivity index (χ0v) is 43.5. The lowest BCUT2D eigenvalue weighted by molar-refractivity contribution is -0.357. The molecule has 20 unspecified atom stereocenters. The number of aliphatic carboxylic acids is 1. The molecular weight excluding hydrogens is 925 g/mol. The molecule has 4 saturated carbocycles. The van der Waals surface area contributed by atoms with Gasteiger partial charge in [0.25, 0.3) is 0 Å². The van der Waals surface area contributed by atoms with Gasteiger partial charge in [-0.25, -0.2) is 14.4 Å². The lowest BCUT2D eigenvalue weighted by atomic mass is 9.33. The molecule has 0 radical (unpaired) electrons. The highest BCUT2D eigenvalue weighted by Crippen LogP contribution is 2.76. The lowest BCUT2D eigenvalue weighted by Gasteiger charge is -2.72. The third-order valence-corrected chi connectivity index (χ3v) is 19.3. The molecule has 7 N–H and O–H groups in total. The molecule has 400 valence electrons. The second-order valence-electron chi connectivity index (χ2n) is 23.8. The maximum Gasteiger partial charge on any atom is 0.335 e. The highest BCUT2D eigenvalue weighted by molar-refractivity contribution is 5.89. The fourth-order valence-corrected chi connectivity index (χ4v) is 14.8. The predicted molar refractivity (Wildman–Crippen MR) is 252 cm³/mol. The van der Waals surface area contributed by atoms with Crippen LogP contribution in [0.5, 0.6) is 0 Å². The van der Waals surface area contributed by atoms with Gasteiger partial charge >= 0.3 is 23.9 Å². The van der Waals surface area contributed by atoms with Crippen LogP contribution in [-0.4, -0.2) is 153 Å². The van der Waals surface area contributed by atoms with Gasteiger partial charge in [-0.3, -0.25) is 4.79 Å². The second kappa shape index (κ2) is 19.8. The Morgan fingerprint density at radius 1 is 0.746 bits per heavy atom. The number of aliphatic hydroxyl groups is 6. The monoisotopic (exact) mass is 1000 g/mol. The van der Waals surface area contributed by atoms with E-state index < -0.39 is 143 Å². The summed E-state index contributed by atoms with van der Waals surface area (Å²) in [7, 11) is 0. The molecule has 2 aliphatic heterocycles. The van der Waals surface area contributed by atoms with Crippen LogP contribution in [0.1, 0.15) is 128 Å². The lowest BCUT2D eigenvalue weighted by Crippen LogP contribution is -2.72. The first-order valence-corrected chi connectivity index (χ1v) is 25.4. The van der Waals surface area contributed by atoms with Gasteiger partial charge in [0.05, 0.1) is 24.2 Å². The Hall–Kier alpha value is -3.30. The zero-order valence-electron chi connectivity index (χ0n) is 43.5. The van der Waals surface area contributed by atoms with Gasteiger partial charge < -0.3 is 68.9 Å². The van der Waals surface area contributed by atoms with Gasteiger partial charge in [0.15, 0.2) is 24.8 Å². The summed E-state index contributed by atoms with van der Waals surface area (Å²) in [6.07, 6.45) is -9.71. The summed E-state index contributed by atoms with van der Waals surface area (Å²) >= 11 is 0. The molecule has 5 aliphatic carbocycles. The van der Waals surface area contributed by atoms with Crippen molar-refractivity contribution in [1.29, 1.82) is 0 Å². The Morgan fingerprint density at radius 3 is 1.96 bits per heavy atom. The average Bonchev–Trinajstić information content (AvgIpc) is 3.29. The molecule has 7 aliphatic rings. The van der Waals surface area contributed by atoms with Gasteiger partial charge in [0.2, 0.25) is 0 Å². The molecule has 7 rings (SSSR count). The summed E-state index contributed by atoms with van der Waals surface area (Å²) in [5, 5.41) is 76.8. The Bertz CT molecular complexity index is 2150. The van der Waals surface area contributed by atoms with E-state index in [1.807, 2.05) is 13.8 Å². The average molecular weight is 1010 g/mol. The molecule has 0 aromatic heterocycles. The van der Waals surface area contributed by atoms with Gasteiger partial charge in [-0.15, -0.1) is 0 Å². The van der Waals surface area contributed by atoms with Crippen LogP contribution in [0.2, 0.25) is 0 Å². The van der Waals surface area contributed by atoms with E-state index in [1.54, 1.807) is 39.8 Å². The summed E-state index contributed by atoms with van der Waals surface area (Å²) in [6, 6.07) is 0. The number of esters is 3. The highest BCUT2D eigenvalue weighted by atomic mass is 16.7. The minimum Gasteiger partial charge on any atom is -0.479 e. The van der Waals surface area contributed by atoms with Crippen molar-refractivity contribution in [3.63, 3.8) is 0 Å². The van der Waals surface area contributed by atoms with E-state index in [0.717, 1.165) is 18.4 Å². The fraction of sp³-hybridized carbons (Fsp3) is 0.811. The number of fused-ring (bicyclic) bond motifs is 7. The first-order chi connectivity index (χ1) is 33.0. The quantitative estimate of drug-likeness (QED) is 0.0506. The number of ether oxygens (including phenoxy) is 7. The number of hydrogen-bond acceptors (Lipinski definition) is 17. The third-order valence-electron chi connectivity index (χ3n) is 19.3. The van der Waals surface area contributed by atoms with Crippen LogP contribution in [-0.2, 0) is 52.3 Å². The molecule has 18 nitrogen and oxygen atoms in total. The molecule has 2 saturated heterocycles. The van der Waals surface area contributed by atoms with E-state index in [0.29, 0.717) is 36.8 Å². The predicted octanol–water partition coefficient (Wildman–Crippen LogP) is 4.04. The summed E-state index contributed by atoms with van der Waals surface area (Å²) in [6.45, 7) is 22.4. The third kappa shape index (κ3) is 9.04. The summed E-state index contributed by atoms with van der Waals surface area (Å²) in [5.41, 5.74) is -2.28. The van der Waals surface area contributed by atoms with Crippen molar-refractivity contribution >= 4 is 23.9 Å². The molecule has 0 spiro atoms. The molecular formula is C53H80O18. The minimum absolute atomic E-state index is 0.0395. The maximum atomic E-state index is 13.9. The smallest absolute Gasteiger partial charge is 0.335 e. The number of rotatable bonds is 11. The van der Waals surface area contributed by atoms with Crippen molar-refractivity contribution in [1.82, 2.24) is 0 Å². The van der Waals surface area contributed by atoms with Crippen LogP contribution in [0.4, 0.5) is 0 Å². The molecule has 0 bridgehead atoms. The van der Waals surface area contributed by atoms with Gasteiger partial charge in [0.1, 0.15) is 49.3 Å². The fourth-order valence-electron chi connectivity index (χ4n) is 14.8. The molecule has 0 aromatic carbocycles. The number of allylic oxidation sites excluding steroid dienone is 4. The van der Waals surface area contributed by atoms with Gasteiger partial charge in [-0.1, -0.05) is 72.3 Å². The van der Waals surface area contributed by atoms with Crippen molar-refractivity contribution in [2.75, 3.05) is 13.2 Å². The molecule has 0 aromatic rings. The van der Waals surface area contributed by atoms with Crippen LogP contribution in [0, 0.1) is 50.2 Å². The topological polar surface area (TPSA) is 274 Å². The van der Waals surface area contributed by atoms with Gasteiger partial charge in [0, 0.05) is 23.5 Å². The van der Waals surface area contributed by atoms with Crippen LogP contribution in [0.15, 0.2) is 34.9 Å². The SMILES string of the molecule is CC=C(C)C(=O)OC1C(OC(=O)C(C)=CC)C2(COC(C)=O)C(O)CC3(C)C(=CCC4C5(C)CCC(OC6OC(C(=O)O)C(O)C(OC7OCC(O)C(O)C7O)C6O)C(C)(C)C5CCC43C)C2CC1(C)C. The summed E-state index contributed by atoms with van der Waals surface area (Å²) in [5.74, 6) is -3.66. The summed E-state index contributed by atoms with van der Waals surface area (Å²) < 4.78 is 42.2. The summed E-state index contributed by atoms with van der Waals surface area (Å²) in [4.78, 5) is 52.8. The molecule has 71 heavy (non-hydrogen) atoms. The standard InChI is InChI=1S/C53H80O18/c1-13-25(3)44(63)70-41-42(71-45(64)26(4)14-2)53(24-66-27(5)54)29(21-48(41,6)7)28-15-16-32-50(10)19-18-34(49(8,9)31(50)17-20-51(32,11)52(28,12)22-33(53)56)67-47-38(60)39(37(59)40(69-47)43(61)62)68-46-36(58)35(57)30(55)23-65-46/h13-15,29-42,46-47,55-60H,16-24H2,1-12H3,(H,61,62). The maximum absolute atomic E-state index is 13.9. The number of aliphatic hydroxyl groups excluding tert-OH is 6. The first-order valence-electron chi connectivity index (χ1n) is 25.4. The van der Waals surface area contributed by atoms with Crippen LogP contribution in [0.25, 0.3) is 0 Å². The van der Waals surface area contributed by atoms with E-state index in [2.05, 4.69) is 40.7 Å². The van der Waals surface area contributed by atoms with E-state index in [-0.39, 0.29) is 30.3 Å². The number of carbonyl (C=O) groups excluding carboxylic acids is 3. The van der Waals surface area contributed by atoms with Crippen molar-refractivity contribution in [3.05, 3.63) is 34.9 Å². The van der Waals surface area contributed by atoms with Crippen molar-refractivity contribution in [2.24, 2.45) is 50.2 Å². The highest BCUT2D eigenvalue weighted by Gasteiger charge is 2.74. The van der Waals surface area contributed by atoms with E-state index >= 15 is 0 Å². The molecule has 2 heterocycles. The van der Waals surface area contributed by atoms with Crippen molar-refractivity contribution in [3.8, 4) is 0 Å². The van der Waals surface area contributed by atoms with Crippen molar-refractivity contribution in [2.45, 2.75) is 208 Å². The largest absolute Gasteiger partial charge is 0.479 e. The van der Waals surface area contributed by atoms with Crippen molar-refractivity contribution < 1.29 is 88.1 Å². The zero-order chi connectivity index (χ0) is 52.7. The molecule has 0 amide bonds. The van der Waals surface area contributed by atoms with E-state index in [9.17, 15) is 54.9 Å². The molecule has 6 fully saturated rings. The van der Waals surface area contributed by atoms with Crippen LogP contribution in [0.3, 0.4) is 0 Å². The van der Waals surface area contributed by atoms with Crippen LogP contribution < -0.4 is 0 Å². The number of carboxylic acids is 1. The van der Waals surface area contributed by atoms with Gasteiger partial charge in [-0.05, 0) is 112 Å². The van der Waals surface area contributed by atoms with Crippen LogP contribution >= 0.6 is 0 Å². The Labute approximate surface area is 417 Å². The van der Waals surface area contributed by atoms with Gasteiger partial charge in [-0.2, -0.15) is 0 Å². The Morgan fingerprint density at radius 2 is 1.37 bits per heavy atom. The van der Waals surface area contributed by atoms with E-state index in [4.69, 9.17) is 33.2 Å². The normalized spacial score (nSPS) is 46.2. The number of carbonyl (C=O) groups is 4. The van der Waals surface area contributed by atoms with E-state index in [1.165, 1.54) is 6.92 Å². The Balaban J connectivity index is 1.21. The Kier molecular flexibility index (Phi) is 15.4. The molecule has 20 atom stereocenters.